The summed E-state index contributed by atoms with van der Waals surface area (Å²) in [4.78, 5) is 6.71. The van der Waals surface area contributed by atoms with Gasteiger partial charge in [0.15, 0.2) is 0 Å². The number of terminal acetylenes is 1. The Kier molecular flexibility index (Phi) is 6.24. The molecule has 0 aliphatic heterocycles. The van der Waals surface area contributed by atoms with Crippen molar-refractivity contribution in [2.45, 2.75) is 32.7 Å². The van der Waals surface area contributed by atoms with E-state index in [-0.39, 0.29) is 0 Å². The van der Waals surface area contributed by atoms with Crippen molar-refractivity contribution in [3.05, 3.63) is 24.0 Å². The molecule has 1 rings (SSSR count). The summed E-state index contributed by atoms with van der Waals surface area (Å²) in [6, 6.07) is 4.51. The third-order valence-corrected chi connectivity index (χ3v) is 3.03. The van der Waals surface area contributed by atoms with E-state index >= 15 is 0 Å². The summed E-state index contributed by atoms with van der Waals surface area (Å²) in [5.74, 6) is 2.70. The molecule has 1 N–H and O–H groups in total. The van der Waals surface area contributed by atoms with Gasteiger partial charge in [0.1, 0.15) is 0 Å². The Hall–Kier alpha value is -1.53. The van der Waals surface area contributed by atoms with Gasteiger partial charge in [-0.2, -0.15) is 0 Å². The van der Waals surface area contributed by atoms with E-state index < -0.39 is 0 Å². The van der Waals surface area contributed by atoms with E-state index in [1.165, 1.54) is 0 Å². The van der Waals surface area contributed by atoms with Crippen molar-refractivity contribution in [2.75, 3.05) is 25.0 Å². The number of hydrogen-bond acceptors (Lipinski definition) is 3. The van der Waals surface area contributed by atoms with Gasteiger partial charge in [-0.15, -0.1) is 6.42 Å². The first kappa shape index (κ1) is 14.5. The maximum Gasteiger partial charge on any atom is 0.0792 e. The van der Waals surface area contributed by atoms with Gasteiger partial charge >= 0.3 is 0 Å². The van der Waals surface area contributed by atoms with E-state index in [4.69, 9.17) is 6.42 Å². The van der Waals surface area contributed by atoms with Crippen LogP contribution in [-0.4, -0.2) is 25.1 Å². The molecule has 1 unspecified atom stereocenters. The van der Waals surface area contributed by atoms with Gasteiger partial charge in [-0.3, -0.25) is 4.98 Å². The van der Waals surface area contributed by atoms with Crippen molar-refractivity contribution in [3.8, 4) is 12.3 Å². The van der Waals surface area contributed by atoms with Crippen molar-refractivity contribution >= 4 is 5.69 Å². The summed E-state index contributed by atoms with van der Waals surface area (Å²) in [7, 11) is 1.96. The number of anilines is 1. The molecule has 0 aliphatic carbocycles. The fraction of sp³-hybridized carbons (Fsp3) is 0.533. The molecular formula is C15H23N3. The zero-order valence-corrected chi connectivity index (χ0v) is 11.6. The third-order valence-electron chi connectivity index (χ3n) is 3.03. The lowest BCUT2D eigenvalue weighted by Gasteiger charge is -2.22. The number of nitrogens with zero attached hydrogens (tertiary/aromatic N) is 2. The van der Waals surface area contributed by atoms with Crippen molar-refractivity contribution in [2.24, 2.45) is 0 Å². The van der Waals surface area contributed by atoms with Crippen LogP contribution >= 0.6 is 0 Å². The molecule has 0 spiro atoms. The molecule has 0 aliphatic rings. The van der Waals surface area contributed by atoms with Gasteiger partial charge in [-0.25, -0.2) is 0 Å². The highest BCUT2D eigenvalue weighted by molar-refractivity contribution is 5.46. The molecule has 18 heavy (non-hydrogen) atoms. The summed E-state index contributed by atoms with van der Waals surface area (Å²) in [6.45, 7) is 5.91. The minimum Gasteiger partial charge on any atom is -0.359 e. The summed E-state index contributed by atoms with van der Waals surface area (Å²) in [6.07, 6.45) is 9.43. The third kappa shape index (κ3) is 3.75. The van der Waals surface area contributed by atoms with Crippen LogP contribution in [0.2, 0.25) is 0 Å². The summed E-state index contributed by atoms with van der Waals surface area (Å²) in [5.41, 5.74) is 2.19. The van der Waals surface area contributed by atoms with Gasteiger partial charge < -0.3 is 10.2 Å². The molecule has 0 amide bonds. The first-order valence-corrected chi connectivity index (χ1v) is 6.58. The highest BCUT2D eigenvalue weighted by Gasteiger charge is 2.09. The largest absolute Gasteiger partial charge is 0.359 e. The minimum atomic E-state index is 0.325. The predicted molar refractivity (Wildman–Crippen MR) is 77.7 cm³/mol. The summed E-state index contributed by atoms with van der Waals surface area (Å²) >= 11 is 0. The number of rotatable bonds is 7. The lowest BCUT2D eigenvalue weighted by molar-refractivity contribution is 0.561. The first-order valence-electron chi connectivity index (χ1n) is 6.58. The Morgan fingerprint density at radius 1 is 1.44 bits per heavy atom. The average molecular weight is 245 g/mol. The zero-order valence-electron chi connectivity index (χ0n) is 11.6. The molecule has 1 aromatic rings. The van der Waals surface area contributed by atoms with Crippen molar-refractivity contribution in [1.29, 1.82) is 0 Å². The number of nitrogens with one attached hydrogen (secondary N) is 1. The van der Waals surface area contributed by atoms with Crippen LogP contribution in [0.5, 0.6) is 0 Å². The Bertz CT molecular complexity index is 374. The topological polar surface area (TPSA) is 28.2 Å². The molecule has 0 saturated carbocycles. The van der Waals surface area contributed by atoms with E-state index in [2.05, 4.69) is 47.1 Å². The molecule has 0 radical (unpaired) electrons. The second-order valence-corrected chi connectivity index (χ2v) is 4.32. The van der Waals surface area contributed by atoms with Crippen LogP contribution in [-0.2, 0) is 0 Å². The molecule has 0 saturated heterocycles. The quantitative estimate of drug-likeness (QED) is 0.748. The SMILES string of the molecule is C#CCN(CCC)c1ccc(C(CC)NC)nc1. The van der Waals surface area contributed by atoms with Crippen LogP contribution in [0.3, 0.4) is 0 Å². The van der Waals surface area contributed by atoms with Crippen molar-refractivity contribution in [1.82, 2.24) is 10.3 Å². The monoisotopic (exact) mass is 245 g/mol. The number of aromatic nitrogens is 1. The number of pyridine rings is 1. The zero-order chi connectivity index (χ0) is 13.4. The summed E-state index contributed by atoms with van der Waals surface area (Å²) in [5, 5.41) is 3.26. The molecular weight excluding hydrogens is 222 g/mol. The molecule has 0 aromatic carbocycles. The molecule has 1 aromatic heterocycles. The summed E-state index contributed by atoms with van der Waals surface area (Å²) < 4.78 is 0. The van der Waals surface area contributed by atoms with Crippen LogP contribution in [0.15, 0.2) is 18.3 Å². The van der Waals surface area contributed by atoms with Gasteiger partial charge in [0.05, 0.1) is 24.1 Å². The molecule has 1 atom stereocenters. The predicted octanol–water partition coefficient (Wildman–Crippen LogP) is 2.60. The van der Waals surface area contributed by atoms with Crippen molar-refractivity contribution in [3.63, 3.8) is 0 Å². The Balaban J connectivity index is 2.83. The minimum absolute atomic E-state index is 0.325. The van der Waals surface area contributed by atoms with Crippen molar-refractivity contribution < 1.29 is 0 Å². The fourth-order valence-corrected chi connectivity index (χ4v) is 2.03. The van der Waals surface area contributed by atoms with Crippen LogP contribution in [0.25, 0.3) is 0 Å². The van der Waals surface area contributed by atoms with E-state index in [1.54, 1.807) is 0 Å². The number of hydrogen-bond donors (Lipinski definition) is 1. The van der Waals surface area contributed by atoms with E-state index in [0.29, 0.717) is 12.6 Å². The maximum absolute atomic E-state index is 5.40. The van der Waals surface area contributed by atoms with Crippen LogP contribution in [0.1, 0.15) is 38.4 Å². The van der Waals surface area contributed by atoms with Crippen LogP contribution < -0.4 is 10.2 Å². The molecule has 3 nitrogen and oxygen atoms in total. The maximum atomic E-state index is 5.40. The van der Waals surface area contributed by atoms with E-state index in [0.717, 1.165) is 30.8 Å². The second-order valence-electron chi connectivity index (χ2n) is 4.32. The van der Waals surface area contributed by atoms with E-state index in [1.807, 2.05) is 13.2 Å². The molecule has 1 heterocycles. The Morgan fingerprint density at radius 2 is 2.22 bits per heavy atom. The normalized spacial score (nSPS) is 11.9. The standard InChI is InChI=1S/C15H23N3/c1-5-10-18(11-6-2)13-8-9-15(17-12-13)14(7-3)16-4/h1,8-9,12,14,16H,6-7,10-11H2,2-4H3. The average Bonchev–Trinajstić information content (AvgIpc) is 2.41. The van der Waals surface area contributed by atoms with Crippen LogP contribution in [0, 0.1) is 12.3 Å². The van der Waals surface area contributed by atoms with Crippen LogP contribution in [0.4, 0.5) is 5.69 Å². The van der Waals surface area contributed by atoms with Gasteiger partial charge in [-0.1, -0.05) is 19.8 Å². The van der Waals surface area contributed by atoms with Gasteiger partial charge in [-0.05, 0) is 32.0 Å². The van der Waals surface area contributed by atoms with Gasteiger partial charge in [0.2, 0.25) is 0 Å². The molecule has 0 fully saturated rings. The second kappa shape index (κ2) is 7.73. The highest BCUT2D eigenvalue weighted by Crippen LogP contribution is 2.18. The molecule has 3 heteroatoms. The lowest BCUT2D eigenvalue weighted by atomic mass is 10.1. The van der Waals surface area contributed by atoms with E-state index in [9.17, 15) is 0 Å². The fourth-order valence-electron chi connectivity index (χ4n) is 2.03. The first-order chi connectivity index (χ1) is 8.76. The Morgan fingerprint density at radius 3 is 2.67 bits per heavy atom. The highest BCUT2D eigenvalue weighted by atomic mass is 15.1. The molecule has 0 bridgehead atoms. The lowest BCUT2D eigenvalue weighted by Crippen LogP contribution is -2.24. The van der Waals surface area contributed by atoms with Gasteiger partial charge in [0.25, 0.3) is 0 Å². The smallest absolute Gasteiger partial charge is 0.0792 e. The van der Waals surface area contributed by atoms with Gasteiger partial charge in [0, 0.05) is 12.6 Å². The Labute approximate surface area is 111 Å². The molecule has 98 valence electrons.